The Morgan fingerprint density at radius 2 is 2.10 bits per heavy atom. The molecule has 3 rings (SSSR count). The molecule has 30 heavy (non-hydrogen) atoms. The Labute approximate surface area is 180 Å². The largest absolute Gasteiger partial charge is 0.469 e. The van der Waals surface area contributed by atoms with Crippen LogP contribution in [-0.4, -0.2) is 28.5 Å². The van der Waals surface area contributed by atoms with Gasteiger partial charge >= 0.3 is 5.97 Å². The van der Waals surface area contributed by atoms with E-state index >= 15 is 0 Å². The number of aromatic nitrogens is 2. The van der Waals surface area contributed by atoms with Crippen LogP contribution in [0, 0.1) is 25.2 Å². The molecule has 0 saturated heterocycles. The third kappa shape index (κ3) is 4.97. The van der Waals surface area contributed by atoms with E-state index in [0.717, 1.165) is 17.0 Å². The SMILES string of the molecule is COC(=O)Cc1csc(NC(=O)/C(C#N)=C/c2cc(C)n(C3CCCCC3)c2C)n1. The molecule has 0 aliphatic heterocycles. The molecular formula is C22H26N4O3S. The molecule has 0 spiro atoms. The normalized spacial score (nSPS) is 14.9. The smallest absolute Gasteiger partial charge is 0.311 e. The number of hydrogen-bond acceptors (Lipinski definition) is 6. The van der Waals surface area contributed by atoms with Gasteiger partial charge in [0, 0.05) is 22.8 Å². The van der Waals surface area contributed by atoms with Gasteiger partial charge in [-0.25, -0.2) is 4.98 Å². The van der Waals surface area contributed by atoms with E-state index in [0.29, 0.717) is 16.9 Å². The fourth-order valence-corrected chi connectivity index (χ4v) is 4.69. The zero-order valence-corrected chi connectivity index (χ0v) is 18.3. The van der Waals surface area contributed by atoms with Crippen molar-refractivity contribution in [2.75, 3.05) is 12.4 Å². The van der Waals surface area contributed by atoms with Crippen LogP contribution in [-0.2, 0) is 20.7 Å². The molecular weight excluding hydrogens is 400 g/mol. The van der Waals surface area contributed by atoms with Gasteiger partial charge in [0.05, 0.1) is 19.2 Å². The molecule has 1 aliphatic carbocycles. The first-order valence-corrected chi connectivity index (χ1v) is 10.9. The first-order valence-electron chi connectivity index (χ1n) is 10.1. The lowest BCUT2D eigenvalue weighted by Gasteiger charge is -2.26. The van der Waals surface area contributed by atoms with Crippen molar-refractivity contribution in [2.45, 2.75) is 58.4 Å². The molecule has 8 heteroatoms. The number of hydrogen-bond donors (Lipinski definition) is 1. The maximum absolute atomic E-state index is 12.6. The Morgan fingerprint density at radius 3 is 2.77 bits per heavy atom. The number of thiazole rings is 1. The minimum absolute atomic E-state index is 0.0172. The summed E-state index contributed by atoms with van der Waals surface area (Å²) >= 11 is 1.20. The number of aryl methyl sites for hydroxylation is 1. The molecule has 2 aromatic rings. The standard InChI is InChI=1S/C22H26N4O3S/c1-14-9-16(15(2)26(14)19-7-5-4-6-8-19)10-17(12-23)21(28)25-22-24-18(13-30-22)11-20(27)29-3/h9-10,13,19H,4-8,11H2,1-3H3,(H,24,25,28)/b17-10+. The average Bonchev–Trinajstić information content (AvgIpc) is 3.29. The van der Waals surface area contributed by atoms with Gasteiger partial charge in [-0.05, 0) is 44.4 Å². The van der Waals surface area contributed by atoms with Crippen LogP contribution in [0.2, 0.25) is 0 Å². The van der Waals surface area contributed by atoms with Crippen molar-refractivity contribution >= 4 is 34.4 Å². The summed E-state index contributed by atoms with van der Waals surface area (Å²) in [5, 5.41) is 14.2. The van der Waals surface area contributed by atoms with E-state index in [1.54, 1.807) is 11.5 Å². The van der Waals surface area contributed by atoms with Gasteiger partial charge < -0.3 is 9.30 Å². The number of carbonyl (C=O) groups is 2. The van der Waals surface area contributed by atoms with Crippen molar-refractivity contribution in [3.05, 3.63) is 39.7 Å². The Bertz CT molecular complexity index is 1010. The monoisotopic (exact) mass is 426 g/mol. The third-order valence-electron chi connectivity index (χ3n) is 5.45. The minimum Gasteiger partial charge on any atom is -0.469 e. The predicted octanol–water partition coefficient (Wildman–Crippen LogP) is 4.33. The molecule has 0 bridgehead atoms. The maximum Gasteiger partial charge on any atom is 0.311 e. The molecule has 1 fully saturated rings. The summed E-state index contributed by atoms with van der Waals surface area (Å²) in [5.41, 5.74) is 3.64. The van der Waals surface area contributed by atoms with Gasteiger partial charge in [0.15, 0.2) is 5.13 Å². The Kier molecular flexibility index (Phi) is 7.06. The topological polar surface area (TPSA) is 97.0 Å². The number of nitrogens with one attached hydrogen (secondary N) is 1. The molecule has 0 radical (unpaired) electrons. The summed E-state index contributed by atoms with van der Waals surface area (Å²) in [4.78, 5) is 28.2. The van der Waals surface area contributed by atoms with E-state index in [2.05, 4.69) is 26.5 Å². The molecule has 7 nitrogen and oxygen atoms in total. The average molecular weight is 427 g/mol. The number of anilines is 1. The van der Waals surface area contributed by atoms with Crippen molar-refractivity contribution in [1.29, 1.82) is 5.26 Å². The highest BCUT2D eigenvalue weighted by molar-refractivity contribution is 7.14. The van der Waals surface area contributed by atoms with Crippen molar-refractivity contribution in [3.63, 3.8) is 0 Å². The maximum atomic E-state index is 12.6. The van der Waals surface area contributed by atoms with E-state index in [4.69, 9.17) is 0 Å². The van der Waals surface area contributed by atoms with Crippen LogP contribution in [0.1, 0.15) is 60.8 Å². The molecule has 158 valence electrons. The molecule has 1 N–H and O–H groups in total. The molecule has 0 atom stereocenters. The molecule has 1 saturated carbocycles. The van der Waals surface area contributed by atoms with Gasteiger partial charge in [-0.15, -0.1) is 11.3 Å². The van der Waals surface area contributed by atoms with Gasteiger partial charge in [0.1, 0.15) is 11.6 Å². The first-order chi connectivity index (χ1) is 14.4. The summed E-state index contributed by atoms with van der Waals surface area (Å²) in [6.45, 7) is 4.11. The van der Waals surface area contributed by atoms with E-state index < -0.39 is 11.9 Å². The predicted molar refractivity (Wildman–Crippen MR) is 116 cm³/mol. The van der Waals surface area contributed by atoms with Crippen LogP contribution in [0.4, 0.5) is 5.13 Å². The zero-order valence-electron chi connectivity index (χ0n) is 17.5. The number of carbonyl (C=O) groups excluding carboxylic acids is 2. The van der Waals surface area contributed by atoms with E-state index in [-0.39, 0.29) is 12.0 Å². The second-order valence-electron chi connectivity index (χ2n) is 7.51. The van der Waals surface area contributed by atoms with E-state index in [9.17, 15) is 14.9 Å². The Balaban J connectivity index is 1.76. The molecule has 0 aromatic carbocycles. The molecule has 0 unspecified atom stereocenters. The highest BCUT2D eigenvalue weighted by Crippen LogP contribution is 2.32. The van der Waals surface area contributed by atoms with Crippen LogP contribution in [0.25, 0.3) is 6.08 Å². The van der Waals surface area contributed by atoms with Crippen LogP contribution >= 0.6 is 11.3 Å². The van der Waals surface area contributed by atoms with Crippen molar-refractivity contribution in [2.24, 2.45) is 0 Å². The lowest BCUT2D eigenvalue weighted by Crippen LogP contribution is -2.15. The number of rotatable bonds is 6. The number of nitriles is 1. The third-order valence-corrected chi connectivity index (χ3v) is 6.26. The van der Waals surface area contributed by atoms with Crippen LogP contribution < -0.4 is 5.32 Å². The van der Waals surface area contributed by atoms with E-state index in [1.807, 2.05) is 19.1 Å². The van der Waals surface area contributed by atoms with Crippen LogP contribution in [0.3, 0.4) is 0 Å². The number of amides is 1. The van der Waals surface area contributed by atoms with Crippen molar-refractivity contribution < 1.29 is 14.3 Å². The summed E-state index contributed by atoms with van der Waals surface area (Å²) in [6.07, 6.45) is 7.79. The second-order valence-corrected chi connectivity index (χ2v) is 8.37. The lowest BCUT2D eigenvalue weighted by molar-refractivity contribution is -0.139. The first kappa shape index (κ1) is 21.8. The molecule has 2 aromatic heterocycles. The number of methoxy groups -OCH3 is 1. The molecule has 1 aliphatic rings. The summed E-state index contributed by atoms with van der Waals surface area (Å²) in [6, 6.07) is 4.52. The number of ether oxygens (including phenoxy) is 1. The summed E-state index contributed by atoms with van der Waals surface area (Å²) < 4.78 is 6.96. The fourth-order valence-electron chi connectivity index (χ4n) is 3.98. The van der Waals surface area contributed by atoms with Crippen molar-refractivity contribution in [3.8, 4) is 6.07 Å². The minimum atomic E-state index is -0.515. The Morgan fingerprint density at radius 1 is 1.37 bits per heavy atom. The second kappa shape index (κ2) is 9.72. The fraction of sp³-hybridized carbons (Fsp3) is 0.455. The van der Waals surface area contributed by atoms with Gasteiger partial charge in [0.25, 0.3) is 5.91 Å². The molecule has 1 amide bonds. The number of esters is 1. The van der Waals surface area contributed by atoms with Crippen LogP contribution in [0.15, 0.2) is 17.0 Å². The highest BCUT2D eigenvalue weighted by Gasteiger charge is 2.20. The lowest BCUT2D eigenvalue weighted by atomic mass is 9.95. The number of nitrogens with zero attached hydrogens (tertiary/aromatic N) is 3. The van der Waals surface area contributed by atoms with Gasteiger partial charge in [-0.1, -0.05) is 19.3 Å². The highest BCUT2D eigenvalue weighted by atomic mass is 32.1. The van der Waals surface area contributed by atoms with Crippen molar-refractivity contribution in [1.82, 2.24) is 9.55 Å². The summed E-state index contributed by atoms with van der Waals surface area (Å²) in [7, 11) is 1.31. The van der Waals surface area contributed by atoms with Gasteiger partial charge in [-0.2, -0.15) is 5.26 Å². The quantitative estimate of drug-likeness (QED) is 0.421. The zero-order chi connectivity index (χ0) is 21.7. The van der Waals surface area contributed by atoms with E-state index in [1.165, 1.54) is 50.6 Å². The Hall–Kier alpha value is -2.92. The van der Waals surface area contributed by atoms with Gasteiger partial charge in [-0.3, -0.25) is 14.9 Å². The molecule has 2 heterocycles. The van der Waals surface area contributed by atoms with Gasteiger partial charge in [0.2, 0.25) is 0 Å². The summed E-state index contributed by atoms with van der Waals surface area (Å²) in [5.74, 6) is -0.914. The van der Waals surface area contributed by atoms with Crippen LogP contribution in [0.5, 0.6) is 0 Å².